The maximum atomic E-state index is 5.71. The van der Waals surface area contributed by atoms with Crippen LogP contribution in [-0.2, 0) is 0 Å². The SMILES string of the molecule is c1ccc2oc(N3CCSCC3)nc2c1. The highest BCUT2D eigenvalue weighted by Gasteiger charge is 2.16. The minimum absolute atomic E-state index is 0.775. The second kappa shape index (κ2) is 3.77. The summed E-state index contributed by atoms with van der Waals surface area (Å²) < 4.78 is 5.71. The molecular weight excluding hydrogens is 208 g/mol. The Morgan fingerprint density at radius 1 is 1.20 bits per heavy atom. The van der Waals surface area contributed by atoms with Crippen molar-refractivity contribution < 1.29 is 4.42 Å². The molecule has 1 fully saturated rings. The summed E-state index contributed by atoms with van der Waals surface area (Å²) >= 11 is 1.99. The van der Waals surface area contributed by atoms with Crippen LogP contribution < -0.4 is 4.90 Å². The minimum atomic E-state index is 0.775. The van der Waals surface area contributed by atoms with E-state index in [-0.39, 0.29) is 0 Å². The monoisotopic (exact) mass is 220 g/mol. The van der Waals surface area contributed by atoms with Gasteiger partial charge in [0.05, 0.1) is 0 Å². The quantitative estimate of drug-likeness (QED) is 0.738. The van der Waals surface area contributed by atoms with E-state index in [4.69, 9.17) is 4.42 Å². The molecule has 4 heteroatoms. The number of benzene rings is 1. The topological polar surface area (TPSA) is 29.3 Å². The third kappa shape index (κ3) is 1.69. The fourth-order valence-corrected chi connectivity index (χ4v) is 2.65. The zero-order valence-electron chi connectivity index (χ0n) is 8.35. The van der Waals surface area contributed by atoms with Gasteiger partial charge in [0.1, 0.15) is 5.52 Å². The lowest BCUT2D eigenvalue weighted by Gasteiger charge is -2.24. The Morgan fingerprint density at radius 3 is 2.80 bits per heavy atom. The van der Waals surface area contributed by atoms with Crippen molar-refractivity contribution in [1.82, 2.24) is 4.98 Å². The summed E-state index contributed by atoms with van der Waals surface area (Å²) in [6, 6.07) is 8.69. The van der Waals surface area contributed by atoms with E-state index in [0.717, 1.165) is 30.2 Å². The van der Waals surface area contributed by atoms with Crippen LogP contribution in [0.4, 0.5) is 6.01 Å². The minimum Gasteiger partial charge on any atom is -0.423 e. The summed E-state index contributed by atoms with van der Waals surface area (Å²) in [5.41, 5.74) is 1.83. The fraction of sp³-hybridized carbons (Fsp3) is 0.364. The van der Waals surface area contributed by atoms with E-state index >= 15 is 0 Å². The molecule has 0 saturated carbocycles. The lowest BCUT2D eigenvalue weighted by atomic mass is 10.3. The van der Waals surface area contributed by atoms with Crippen LogP contribution in [0.5, 0.6) is 0 Å². The summed E-state index contributed by atoms with van der Waals surface area (Å²) in [6.07, 6.45) is 0. The van der Waals surface area contributed by atoms with Crippen molar-refractivity contribution in [2.24, 2.45) is 0 Å². The molecule has 15 heavy (non-hydrogen) atoms. The molecule has 0 N–H and O–H groups in total. The van der Waals surface area contributed by atoms with Gasteiger partial charge < -0.3 is 9.32 Å². The third-order valence-corrected chi connectivity index (χ3v) is 3.51. The summed E-state index contributed by atoms with van der Waals surface area (Å²) in [5, 5.41) is 0. The Morgan fingerprint density at radius 2 is 2.00 bits per heavy atom. The number of anilines is 1. The van der Waals surface area contributed by atoms with Gasteiger partial charge in [0.15, 0.2) is 5.58 Å². The number of rotatable bonds is 1. The van der Waals surface area contributed by atoms with Gasteiger partial charge in [0, 0.05) is 24.6 Å². The molecule has 3 nitrogen and oxygen atoms in total. The normalized spacial score (nSPS) is 17.2. The predicted molar refractivity (Wildman–Crippen MR) is 63.5 cm³/mol. The van der Waals surface area contributed by atoms with Crippen molar-refractivity contribution in [3.8, 4) is 0 Å². The largest absolute Gasteiger partial charge is 0.423 e. The van der Waals surface area contributed by atoms with Gasteiger partial charge in [-0.3, -0.25) is 0 Å². The molecule has 0 unspecified atom stereocenters. The lowest BCUT2D eigenvalue weighted by molar-refractivity contribution is 0.575. The molecule has 2 heterocycles. The molecule has 0 aliphatic carbocycles. The lowest BCUT2D eigenvalue weighted by Crippen LogP contribution is -2.32. The van der Waals surface area contributed by atoms with Crippen molar-refractivity contribution >= 4 is 28.9 Å². The highest BCUT2D eigenvalue weighted by atomic mass is 32.2. The van der Waals surface area contributed by atoms with Crippen LogP contribution >= 0.6 is 11.8 Å². The van der Waals surface area contributed by atoms with Gasteiger partial charge >= 0.3 is 0 Å². The predicted octanol–water partition coefficient (Wildman–Crippen LogP) is 2.38. The molecule has 0 bridgehead atoms. The molecule has 0 spiro atoms. The smallest absolute Gasteiger partial charge is 0.298 e. The Kier molecular flexibility index (Phi) is 2.29. The van der Waals surface area contributed by atoms with E-state index in [1.165, 1.54) is 11.5 Å². The maximum Gasteiger partial charge on any atom is 0.298 e. The molecule has 2 aromatic rings. The molecule has 3 rings (SSSR count). The van der Waals surface area contributed by atoms with Gasteiger partial charge in [-0.2, -0.15) is 16.7 Å². The number of thioether (sulfide) groups is 1. The molecule has 1 aliphatic heterocycles. The average Bonchev–Trinajstić information content (AvgIpc) is 2.74. The molecule has 1 saturated heterocycles. The number of hydrogen-bond donors (Lipinski definition) is 0. The van der Waals surface area contributed by atoms with Crippen LogP contribution in [-0.4, -0.2) is 29.6 Å². The number of hydrogen-bond acceptors (Lipinski definition) is 4. The average molecular weight is 220 g/mol. The Bertz CT molecular complexity index is 429. The van der Waals surface area contributed by atoms with Crippen molar-refractivity contribution in [3.63, 3.8) is 0 Å². The zero-order valence-corrected chi connectivity index (χ0v) is 9.17. The molecule has 78 valence electrons. The Balaban J connectivity index is 1.96. The van der Waals surface area contributed by atoms with Crippen LogP contribution in [0.2, 0.25) is 0 Å². The van der Waals surface area contributed by atoms with E-state index in [2.05, 4.69) is 9.88 Å². The summed E-state index contributed by atoms with van der Waals surface area (Å²) in [7, 11) is 0. The second-order valence-electron chi connectivity index (χ2n) is 3.56. The first-order valence-corrected chi connectivity index (χ1v) is 6.27. The first-order chi connectivity index (χ1) is 7.43. The first-order valence-electron chi connectivity index (χ1n) is 5.12. The summed E-state index contributed by atoms with van der Waals surface area (Å²) in [4.78, 5) is 6.71. The summed E-state index contributed by atoms with van der Waals surface area (Å²) in [6.45, 7) is 2.08. The van der Waals surface area contributed by atoms with E-state index in [0.29, 0.717) is 0 Å². The molecule has 0 amide bonds. The Labute approximate surface area is 92.5 Å². The van der Waals surface area contributed by atoms with Crippen LogP contribution in [0.3, 0.4) is 0 Å². The molecular formula is C11H12N2OS. The third-order valence-electron chi connectivity index (χ3n) is 2.56. The Hall–Kier alpha value is -1.16. The van der Waals surface area contributed by atoms with E-state index in [9.17, 15) is 0 Å². The molecule has 0 radical (unpaired) electrons. The number of oxazole rings is 1. The van der Waals surface area contributed by atoms with E-state index in [1.807, 2.05) is 36.0 Å². The fourth-order valence-electron chi connectivity index (χ4n) is 1.75. The van der Waals surface area contributed by atoms with Gasteiger partial charge in [-0.15, -0.1) is 0 Å². The van der Waals surface area contributed by atoms with Crippen LogP contribution in [0.1, 0.15) is 0 Å². The maximum absolute atomic E-state index is 5.71. The van der Waals surface area contributed by atoms with Gasteiger partial charge in [0.25, 0.3) is 6.01 Å². The van der Waals surface area contributed by atoms with Crippen molar-refractivity contribution in [1.29, 1.82) is 0 Å². The zero-order chi connectivity index (χ0) is 10.1. The van der Waals surface area contributed by atoms with Gasteiger partial charge in [-0.25, -0.2) is 0 Å². The van der Waals surface area contributed by atoms with E-state index < -0.39 is 0 Å². The van der Waals surface area contributed by atoms with Gasteiger partial charge in [-0.1, -0.05) is 12.1 Å². The second-order valence-corrected chi connectivity index (χ2v) is 4.79. The highest BCUT2D eigenvalue weighted by molar-refractivity contribution is 7.99. The number of fused-ring (bicyclic) bond motifs is 1. The standard InChI is InChI=1S/C11H12N2OS/c1-2-4-10-9(3-1)12-11(14-10)13-5-7-15-8-6-13/h1-4H,5-8H2. The van der Waals surface area contributed by atoms with Crippen LogP contribution in [0.25, 0.3) is 11.1 Å². The number of nitrogens with zero attached hydrogens (tertiary/aromatic N) is 2. The molecule has 1 aliphatic rings. The van der Waals surface area contributed by atoms with Crippen molar-refractivity contribution in [3.05, 3.63) is 24.3 Å². The van der Waals surface area contributed by atoms with E-state index in [1.54, 1.807) is 0 Å². The van der Waals surface area contributed by atoms with Gasteiger partial charge in [0.2, 0.25) is 0 Å². The highest BCUT2D eigenvalue weighted by Crippen LogP contribution is 2.23. The number of aromatic nitrogens is 1. The summed E-state index contributed by atoms with van der Waals surface area (Å²) in [5.74, 6) is 2.33. The molecule has 0 atom stereocenters. The van der Waals surface area contributed by atoms with Gasteiger partial charge in [-0.05, 0) is 12.1 Å². The number of para-hydroxylation sites is 2. The van der Waals surface area contributed by atoms with Crippen molar-refractivity contribution in [2.45, 2.75) is 0 Å². The van der Waals surface area contributed by atoms with Crippen molar-refractivity contribution in [2.75, 3.05) is 29.5 Å². The molecule has 1 aromatic heterocycles. The van der Waals surface area contributed by atoms with Crippen LogP contribution in [0, 0.1) is 0 Å². The molecule has 1 aromatic carbocycles. The first kappa shape index (κ1) is 9.09. The van der Waals surface area contributed by atoms with Crippen LogP contribution in [0.15, 0.2) is 28.7 Å².